The molecule has 0 aliphatic carbocycles. The number of carbonyl (C=O) groups excluding carboxylic acids is 1. The van der Waals surface area contributed by atoms with Crippen molar-refractivity contribution in [3.8, 4) is 5.75 Å². The van der Waals surface area contributed by atoms with Crippen molar-refractivity contribution in [3.63, 3.8) is 0 Å². The molecule has 132 valence electrons. The van der Waals surface area contributed by atoms with Gasteiger partial charge in [0.25, 0.3) is 11.5 Å². The first-order valence-electron chi connectivity index (χ1n) is 8.25. The van der Waals surface area contributed by atoms with Gasteiger partial charge in [0.15, 0.2) is 11.6 Å². The minimum absolute atomic E-state index is 0.129. The van der Waals surface area contributed by atoms with Crippen LogP contribution in [0, 0.1) is 11.7 Å². The smallest absolute Gasteiger partial charge is 0.274 e. The second kappa shape index (κ2) is 7.46. The lowest BCUT2D eigenvalue weighted by atomic mass is 9.98. The average Bonchev–Trinajstić information content (AvgIpc) is 2.63. The normalized spacial score (nSPS) is 17.4. The van der Waals surface area contributed by atoms with Crippen molar-refractivity contribution in [3.05, 3.63) is 58.3 Å². The summed E-state index contributed by atoms with van der Waals surface area (Å²) in [5.41, 5.74) is -0.0101. The summed E-state index contributed by atoms with van der Waals surface area (Å²) in [7, 11) is 1.51. The number of para-hydroxylation sites is 1. The van der Waals surface area contributed by atoms with Crippen molar-refractivity contribution >= 4 is 5.91 Å². The molecule has 0 radical (unpaired) electrons. The van der Waals surface area contributed by atoms with Gasteiger partial charge in [0.2, 0.25) is 0 Å². The number of aryl methyl sites for hydroxylation is 1. The van der Waals surface area contributed by atoms with Crippen molar-refractivity contribution in [2.24, 2.45) is 13.0 Å². The van der Waals surface area contributed by atoms with E-state index in [2.05, 4.69) is 5.10 Å². The molecule has 2 heterocycles. The van der Waals surface area contributed by atoms with E-state index in [-0.39, 0.29) is 34.6 Å². The van der Waals surface area contributed by atoms with Crippen LogP contribution in [0.1, 0.15) is 23.3 Å². The average molecular weight is 345 g/mol. The molecule has 0 bridgehead atoms. The van der Waals surface area contributed by atoms with E-state index in [0.717, 1.165) is 17.5 Å². The first kappa shape index (κ1) is 17.1. The fourth-order valence-electron chi connectivity index (χ4n) is 2.93. The Bertz CT molecular complexity index is 821. The Hall–Kier alpha value is -2.70. The van der Waals surface area contributed by atoms with Gasteiger partial charge in [0.1, 0.15) is 5.69 Å². The third kappa shape index (κ3) is 4.04. The maximum Gasteiger partial charge on any atom is 0.274 e. The van der Waals surface area contributed by atoms with E-state index in [4.69, 9.17) is 4.74 Å². The number of piperidine rings is 1. The Morgan fingerprint density at radius 3 is 2.88 bits per heavy atom. The van der Waals surface area contributed by atoms with E-state index in [1.807, 2.05) is 0 Å². The lowest BCUT2D eigenvalue weighted by molar-refractivity contribution is 0.0623. The standard InChI is InChI=1S/C18H20FN3O3/c1-21-17(23)9-8-15(20-21)18(24)22-10-4-5-13(11-22)12-25-16-7-3-2-6-14(16)19/h2-3,6-9,13H,4-5,10-12H2,1H3/t13-/m0/s1. The summed E-state index contributed by atoms with van der Waals surface area (Å²) in [6.45, 7) is 1.52. The maximum atomic E-state index is 13.6. The molecule has 2 aromatic rings. The number of ether oxygens (including phenoxy) is 1. The second-order valence-electron chi connectivity index (χ2n) is 6.18. The first-order chi connectivity index (χ1) is 12.0. The van der Waals surface area contributed by atoms with Crippen molar-refractivity contribution in [1.82, 2.24) is 14.7 Å². The number of carbonyl (C=O) groups is 1. The molecule has 1 aliphatic heterocycles. The lowest BCUT2D eigenvalue weighted by Crippen LogP contribution is -2.42. The zero-order valence-electron chi connectivity index (χ0n) is 14.0. The molecule has 1 aromatic carbocycles. The quantitative estimate of drug-likeness (QED) is 0.848. The van der Waals surface area contributed by atoms with Gasteiger partial charge < -0.3 is 9.64 Å². The highest BCUT2D eigenvalue weighted by Gasteiger charge is 2.26. The highest BCUT2D eigenvalue weighted by molar-refractivity contribution is 5.92. The first-order valence-corrected chi connectivity index (χ1v) is 8.25. The minimum Gasteiger partial charge on any atom is -0.490 e. The van der Waals surface area contributed by atoms with Crippen LogP contribution in [0.3, 0.4) is 0 Å². The van der Waals surface area contributed by atoms with Crippen molar-refractivity contribution in [2.45, 2.75) is 12.8 Å². The molecule has 6 nitrogen and oxygen atoms in total. The highest BCUT2D eigenvalue weighted by atomic mass is 19.1. The number of amides is 1. The molecule has 1 aliphatic rings. The summed E-state index contributed by atoms with van der Waals surface area (Å²) < 4.78 is 20.3. The molecule has 1 fully saturated rings. The summed E-state index contributed by atoms with van der Waals surface area (Å²) in [5.74, 6) is -0.234. The van der Waals surface area contributed by atoms with Crippen LogP contribution in [-0.2, 0) is 7.05 Å². The molecule has 1 saturated heterocycles. The Balaban J connectivity index is 1.62. The summed E-state index contributed by atoms with van der Waals surface area (Å²) in [6, 6.07) is 9.07. The van der Waals surface area contributed by atoms with Crippen molar-refractivity contribution in [1.29, 1.82) is 0 Å². The highest BCUT2D eigenvalue weighted by Crippen LogP contribution is 2.21. The fourth-order valence-corrected chi connectivity index (χ4v) is 2.93. The van der Waals surface area contributed by atoms with E-state index in [1.54, 1.807) is 23.1 Å². The monoisotopic (exact) mass is 345 g/mol. The summed E-state index contributed by atoms with van der Waals surface area (Å²) in [5, 5.41) is 4.01. The summed E-state index contributed by atoms with van der Waals surface area (Å²) >= 11 is 0. The number of halogens is 1. The number of nitrogens with zero attached hydrogens (tertiary/aromatic N) is 3. The molecule has 0 unspecified atom stereocenters. The van der Waals surface area contributed by atoms with Crippen molar-refractivity contribution in [2.75, 3.05) is 19.7 Å². The van der Waals surface area contributed by atoms with E-state index < -0.39 is 0 Å². The van der Waals surface area contributed by atoms with Crippen LogP contribution in [-0.4, -0.2) is 40.3 Å². The fraction of sp³-hybridized carbons (Fsp3) is 0.389. The molecule has 1 amide bonds. The Morgan fingerprint density at radius 2 is 2.12 bits per heavy atom. The summed E-state index contributed by atoms with van der Waals surface area (Å²) in [6.07, 6.45) is 1.77. The van der Waals surface area contributed by atoms with Gasteiger partial charge in [-0.15, -0.1) is 0 Å². The maximum absolute atomic E-state index is 13.6. The third-order valence-corrected chi connectivity index (χ3v) is 4.30. The molecule has 1 aromatic heterocycles. The van der Waals surface area contributed by atoms with Gasteiger partial charge in [-0.25, -0.2) is 9.07 Å². The molecule has 25 heavy (non-hydrogen) atoms. The molecule has 3 rings (SSSR count). The van der Waals surface area contributed by atoms with Crippen LogP contribution in [0.4, 0.5) is 4.39 Å². The Labute approximate surface area is 144 Å². The SMILES string of the molecule is Cn1nc(C(=O)N2CCC[C@H](COc3ccccc3F)C2)ccc1=O. The number of rotatable bonds is 4. The molecular formula is C18H20FN3O3. The number of likely N-dealkylation sites (tertiary alicyclic amines) is 1. The number of aromatic nitrogens is 2. The molecule has 0 spiro atoms. The summed E-state index contributed by atoms with van der Waals surface area (Å²) in [4.78, 5) is 25.7. The molecule has 1 atom stereocenters. The zero-order valence-corrected chi connectivity index (χ0v) is 14.0. The van der Waals surface area contributed by atoms with Gasteiger partial charge in [-0.3, -0.25) is 9.59 Å². The topological polar surface area (TPSA) is 64.4 Å². The van der Waals surface area contributed by atoms with E-state index in [0.29, 0.717) is 19.7 Å². The van der Waals surface area contributed by atoms with Crippen LogP contribution in [0.5, 0.6) is 5.75 Å². The third-order valence-electron chi connectivity index (χ3n) is 4.30. The van der Waals surface area contributed by atoms with Crippen LogP contribution in [0.2, 0.25) is 0 Å². The largest absolute Gasteiger partial charge is 0.490 e. The van der Waals surface area contributed by atoms with E-state index in [1.165, 1.54) is 25.2 Å². The van der Waals surface area contributed by atoms with Crippen molar-refractivity contribution < 1.29 is 13.9 Å². The van der Waals surface area contributed by atoms with Crippen LogP contribution >= 0.6 is 0 Å². The second-order valence-corrected chi connectivity index (χ2v) is 6.18. The van der Waals surface area contributed by atoms with Gasteiger partial charge in [-0.05, 0) is 31.0 Å². The lowest BCUT2D eigenvalue weighted by Gasteiger charge is -2.32. The molecule has 0 N–H and O–H groups in total. The zero-order chi connectivity index (χ0) is 17.8. The molecular weight excluding hydrogens is 325 g/mol. The molecule has 0 saturated carbocycles. The number of benzene rings is 1. The minimum atomic E-state index is -0.388. The van der Waals surface area contributed by atoms with Gasteiger partial charge >= 0.3 is 0 Å². The number of hydrogen-bond donors (Lipinski definition) is 0. The van der Waals surface area contributed by atoms with Gasteiger partial charge in [0.05, 0.1) is 6.61 Å². The van der Waals surface area contributed by atoms with E-state index >= 15 is 0 Å². The van der Waals surface area contributed by atoms with Gasteiger partial charge in [-0.1, -0.05) is 12.1 Å². The van der Waals surface area contributed by atoms with E-state index in [9.17, 15) is 14.0 Å². The number of hydrogen-bond acceptors (Lipinski definition) is 4. The predicted octanol–water partition coefficient (Wildman–Crippen LogP) is 1.85. The van der Waals surface area contributed by atoms with Gasteiger partial charge in [-0.2, -0.15) is 5.10 Å². The molecule has 7 heteroatoms. The van der Waals surface area contributed by atoms with Gasteiger partial charge in [0, 0.05) is 32.1 Å². The Kier molecular flexibility index (Phi) is 5.11. The predicted molar refractivity (Wildman–Crippen MR) is 90.0 cm³/mol. The Morgan fingerprint density at radius 1 is 1.32 bits per heavy atom. The van der Waals surface area contributed by atoms with Crippen LogP contribution in [0.15, 0.2) is 41.2 Å². The van der Waals surface area contributed by atoms with Crippen LogP contribution in [0.25, 0.3) is 0 Å². The van der Waals surface area contributed by atoms with Crippen LogP contribution < -0.4 is 10.3 Å².